The zero-order chi connectivity index (χ0) is 80.8. The fourth-order valence-electron chi connectivity index (χ4n) is 11.3. The second-order valence-electron chi connectivity index (χ2n) is 28.6. The molecule has 0 aliphatic carbocycles. The standard InChI is InChI=1S/C93H156O16P2/c1-4-7-10-13-16-19-22-25-28-31-34-37-38-39-40-41-42-43-44-45-46-47-48-51-53-55-58-61-64-67-70-73-76-79-91(96)103-82-88(94)83-105-110(99,100)106-84-89(95)85-107-111(101,102)108-87-90(109-93(98)81-78-75-72-69-66-63-60-57-54-50-36-33-30-27-24-21-18-15-12-9-6-3)86-104-92(97)80-77-74-71-68-65-62-59-56-52-49-35-32-29-26-23-20-17-14-11-8-5-2/h7,10,16-21,25-30,34-37,39-40,42-43,49-50,56-57,59-60,88-90,94-95H,4-6,8-9,11-15,22-24,31-33,38,41,44-48,51-55,58,61-87H2,1-3H3,(H,99,100)(H,101,102)/b10-7-,19-16-,20-17-,21-18-,28-25-,29-26-,30-27-,37-34-,40-39-,43-42-,49-35-,50-36-,59-56-,60-57-. The first kappa shape index (κ1) is 106. The van der Waals surface area contributed by atoms with Gasteiger partial charge in [0.05, 0.1) is 26.4 Å². The number of ether oxygens (including phenoxy) is 3. The van der Waals surface area contributed by atoms with Gasteiger partial charge in [-0.25, -0.2) is 9.13 Å². The molecule has 0 aliphatic heterocycles. The molecular formula is C93H156O16P2. The third-order valence-corrected chi connectivity index (χ3v) is 19.8. The summed E-state index contributed by atoms with van der Waals surface area (Å²) in [5.74, 6) is -1.62. The van der Waals surface area contributed by atoms with E-state index in [2.05, 4.69) is 191 Å². The number of unbranched alkanes of at least 4 members (excludes halogenated alkanes) is 30. The van der Waals surface area contributed by atoms with Crippen LogP contribution in [0.3, 0.4) is 0 Å². The van der Waals surface area contributed by atoms with Crippen LogP contribution in [0.2, 0.25) is 0 Å². The van der Waals surface area contributed by atoms with E-state index in [0.717, 1.165) is 173 Å². The molecule has 0 heterocycles. The largest absolute Gasteiger partial charge is 0.472 e. The third-order valence-electron chi connectivity index (χ3n) is 17.9. The van der Waals surface area contributed by atoms with Gasteiger partial charge in [-0.2, -0.15) is 0 Å². The Bertz CT molecular complexity index is 2700. The Morgan fingerprint density at radius 1 is 0.261 bits per heavy atom. The highest BCUT2D eigenvalue weighted by Crippen LogP contribution is 2.45. The van der Waals surface area contributed by atoms with Gasteiger partial charge in [0.1, 0.15) is 25.4 Å². The van der Waals surface area contributed by atoms with Crippen molar-refractivity contribution < 1.29 is 75.8 Å². The number of hydrogen-bond donors (Lipinski definition) is 4. The molecule has 18 heteroatoms. The molecule has 0 spiro atoms. The molecule has 5 unspecified atom stereocenters. The number of esters is 3. The first-order valence-corrected chi connectivity index (χ1v) is 46.4. The molecule has 0 aromatic heterocycles. The lowest BCUT2D eigenvalue weighted by Gasteiger charge is -2.21. The lowest BCUT2D eigenvalue weighted by Crippen LogP contribution is -2.30. The third kappa shape index (κ3) is 85.6. The zero-order valence-electron chi connectivity index (χ0n) is 69.6. The Balaban J connectivity index is 4.59. The Morgan fingerprint density at radius 2 is 0.477 bits per heavy atom. The predicted molar refractivity (Wildman–Crippen MR) is 463 cm³/mol. The van der Waals surface area contributed by atoms with Crippen LogP contribution in [-0.2, 0) is 55.8 Å². The number of carbonyl (C=O) groups is 3. The van der Waals surface area contributed by atoms with Gasteiger partial charge in [0.25, 0.3) is 0 Å². The maximum atomic E-state index is 13.0. The van der Waals surface area contributed by atoms with Gasteiger partial charge in [0.15, 0.2) is 6.10 Å². The minimum absolute atomic E-state index is 0.0743. The number of aliphatic hydroxyl groups excluding tert-OH is 2. The highest BCUT2D eigenvalue weighted by molar-refractivity contribution is 7.47. The van der Waals surface area contributed by atoms with E-state index in [1.54, 1.807) is 0 Å². The van der Waals surface area contributed by atoms with Gasteiger partial charge in [-0.15, -0.1) is 0 Å². The molecule has 0 aliphatic rings. The molecule has 0 saturated heterocycles. The number of phosphoric ester groups is 2. The van der Waals surface area contributed by atoms with Crippen molar-refractivity contribution >= 4 is 33.6 Å². The summed E-state index contributed by atoms with van der Waals surface area (Å²) in [6.07, 6.45) is 108. The molecule has 16 nitrogen and oxygen atoms in total. The normalized spacial score (nSPS) is 14.7. The number of aliphatic hydroxyl groups is 2. The van der Waals surface area contributed by atoms with Gasteiger partial charge in [0, 0.05) is 19.3 Å². The van der Waals surface area contributed by atoms with Crippen molar-refractivity contribution in [1.82, 2.24) is 0 Å². The molecule has 0 radical (unpaired) electrons. The van der Waals surface area contributed by atoms with Crippen molar-refractivity contribution in [2.45, 2.75) is 360 Å². The lowest BCUT2D eigenvalue weighted by molar-refractivity contribution is -0.161. The zero-order valence-corrected chi connectivity index (χ0v) is 71.4. The Morgan fingerprint density at radius 3 is 0.757 bits per heavy atom. The molecule has 4 N–H and O–H groups in total. The van der Waals surface area contributed by atoms with Gasteiger partial charge < -0.3 is 34.2 Å². The van der Waals surface area contributed by atoms with Crippen LogP contribution in [0.5, 0.6) is 0 Å². The molecule has 111 heavy (non-hydrogen) atoms. The molecule has 5 atom stereocenters. The van der Waals surface area contributed by atoms with Gasteiger partial charge in [-0.1, -0.05) is 332 Å². The van der Waals surface area contributed by atoms with Crippen LogP contribution in [0.1, 0.15) is 342 Å². The monoisotopic (exact) mass is 1590 g/mol. The summed E-state index contributed by atoms with van der Waals surface area (Å²) in [5, 5.41) is 20.7. The summed E-state index contributed by atoms with van der Waals surface area (Å²) in [5.41, 5.74) is 0. The van der Waals surface area contributed by atoms with Crippen LogP contribution in [-0.4, -0.2) is 95.9 Å². The number of phosphoric acid groups is 2. The highest BCUT2D eigenvalue weighted by atomic mass is 31.2. The maximum absolute atomic E-state index is 13.0. The maximum Gasteiger partial charge on any atom is 0.472 e. The minimum atomic E-state index is -4.95. The first-order chi connectivity index (χ1) is 54.2. The number of hydrogen-bond acceptors (Lipinski definition) is 14. The number of carbonyl (C=O) groups excluding carboxylic acids is 3. The average Bonchev–Trinajstić information content (AvgIpc) is 0.900. The van der Waals surface area contributed by atoms with Crippen molar-refractivity contribution in [3.05, 3.63) is 170 Å². The van der Waals surface area contributed by atoms with E-state index in [4.69, 9.17) is 32.3 Å². The van der Waals surface area contributed by atoms with Crippen LogP contribution in [0.4, 0.5) is 0 Å². The van der Waals surface area contributed by atoms with Gasteiger partial charge in [-0.3, -0.25) is 32.5 Å². The molecule has 0 fully saturated rings. The quantitative estimate of drug-likeness (QED) is 0.0146. The molecule has 0 aromatic carbocycles. The molecule has 0 saturated carbocycles. The molecule has 0 amide bonds. The van der Waals surface area contributed by atoms with E-state index >= 15 is 0 Å². The topological polar surface area (TPSA) is 231 Å². The van der Waals surface area contributed by atoms with Crippen LogP contribution in [0.25, 0.3) is 0 Å². The summed E-state index contributed by atoms with van der Waals surface area (Å²) >= 11 is 0. The highest BCUT2D eigenvalue weighted by Gasteiger charge is 2.29. The van der Waals surface area contributed by atoms with Crippen molar-refractivity contribution in [1.29, 1.82) is 0 Å². The number of allylic oxidation sites excluding steroid dienone is 28. The van der Waals surface area contributed by atoms with Crippen LogP contribution < -0.4 is 0 Å². The van der Waals surface area contributed by atoms with Crippen LogP contribution >= 0.6 is 15.6 Å². The van der Waals surface area contributed by atoms with Gasteiger partial charge >= 0.3 is 33.6 Å². The summed E-state index contributed by atoms with van der Waals surface area (Å²) < 4.78 is 61.3. The summed E-state index contributed by atoms with van der Waals surface area (Å²) in [6, 6.07) is 0. The smallest absolute Gasteiger partial charge is 0.463 e. The Kier molecular flexibility index (Phi) is 80.4. The predicted octanol–water partition coefficient (Wildman–Crippen LogP) is 26.3. The van der Waals surface area contributed by atoms with Crippen LogP contribution in [0, 0.1) is 0 Å². The first-order valence-electron chi connectivity index (χ1n) is 43.4. The van der Waals surface area contributed by atoms with Crippen molar-refractivity contribution in [3.8, 4) is 0 Å². The summed E-state index contributed by atoms with van der Waals surface area (Å²) in [6.45, 7) is 2.48. The fraction of sp³-hybridized carbons (Fsp3) is 0.667. The molecule has 0 aromatic rings. The molecular weight excluding hydrogens is 1430 g/mol. The second-order valence-corrected chi connectivity index (χ2v) is 31.5. The van der Waals surface area contributed by atoms with Crippen molar-refractivity contribution in [3.63, 3.8) is 0 Å². The number of rotatable bonds is 81. The van der Waals surface area contributed by atoms with E-state index in [9.17, 15) is 43.5 Å². The van der Waals surface area contributed by atoms with E-state index in [1.807, 2.05) is 0 Å². The summed E-state index contributed by atoms with van der Waals surface area (Å²) in [7, 11) is -9.82. The van der Waals surface area contributed by atoms with Gasteiger partial charge in [-0.05, 0) is 161 Å². The SMILES string of the molecule is CC/C=C\C/C=C\C/C=C\C/C=C\C/C=C\C/C=C\CCCCCCCCCCCCCCCCC(=O)OCC(O)COP(=O)(O)OCC(O)COP(=O)(O)OCC(COC(=O)CCCCCCC/C=C\C/C=C\C/C=C\C/C=C\CCCCC)OC(=O)CCCCCCC/C=C\C/C=C\C/C=C\C/C=C\CCCCC. The lowest BCUT2D eigenvalue weighted by atomic mass is 10.0. The van der Waals surface area contributed by atoms with E-state index in [-0.39, 0.29) is 19.3 Å². The Labute approximate surface area is 675 Å². The van der Waals surface area contributed by atoms with Crippen molar-refractivity contribution in [2.24, 2.45) is 0 Å². The Hall–Kier alpha value is -5.09. The second kappa shape index (κ2) is 84.3. The molecule has 0 bridgehead atoms. The van der Waals surface area contributed by atoms with E-state index < -0.39 is 91.5 Å². The van der Waals surface area contributed by atoms with Crippen molar-refractivity contribution in [2.75, 3.05) is 39.6 Å². The fourth-order valence-corrected chi connectivity index (χ4v) is 12.9. The molecule has 634 valence electrons. The van der Waals surface area contributed by atoms with E-state index in [0.29, 0.717) is 19.3 Å². The average molecular weight is 1590 g/mol. The minimum Gasteiger partial charge on any atom is -0.463 e. The van der Waals surface area contributed by atoms with E-state index in [1.165, 1.54) is 109 Å². The molecule has 0 rings (SSSR count). The summed E-state index contributed by atoms with van der Waals surface area (Å²) in [4.78, 5) is 58.9. The van der Waals surface area contributed by atoms with Gasteiger partial charge in [0.2, 0.25) is 0 Å². The van der Waals surface area contributed by atoms with Crippen LogP contribution in [0.15, 0.2) is 170 Å².